The predicted molar refractivity (Wildman–Crippen MR) is 32.6 cm³/mol. The van der Waals surface area contributed by atoms with Crippen molar-refractivity contribution in [3.63, 3.8) is 0 Å². The van der Waals surface area contributed by atoms with Crippen LogP contribution in [-0.2, 0) is 0 Å². The van der Waals surface area contributed by atoms with Gasteiger partial charge in [0.1, 0.15) is 0 Å². The second-order valence-electron chi connectivity index (χ2n) is 5.60. The molecular weight excluding hydrogens is 108 g/mol. The van der Waals surface area contributed by atoms with E-state index in [1.54, 1.807) is 0 Å². The Morgan fingerprint density at radius 2 is 1.56 bits per heavy atom. The quantitative estimate of drug-likeness (QED) is 0.452. The fraction of sp³-hybridized carbons (Fsp3) is 1.00. The fourth-order valence-electron chi connectivity index (χ4n) is 6.01. The summed E-state index contributed by atoms with van der Waals surface area (Å²) >= 11 is 0. The van der Waals surface area contributed by atoms with Crippen molar-refractivity contribution in [3.05, 3.63) is 0 Å². The summed E-state index contributed by atoms with van der Waals surface area (Å²) in [7, 11) is 0. The molecule has 0 radical (unpaired) electrons. The Hall–Kier alpha value is 0. The van der Waals surface area contributed by atoms with Crippen LogP contribution in [0.4, 0.5) is 0 Å². The van der Waals surface area contributed by atoms with Gasteiger partial charge in [0.2, 0.25) is 0 Å². The molecule has 0 amide bonds. The molecule has 0 atom stereocenters. The average molecular weight is 118 g/mol. The molecule has 0 saturated heterocycles. The predicted octanol–water partition coefficient (Wildman–Crippen LogP) is 1.52. The van der Waals surface area contributed by atoms with E-state index in [-0.39, 0.29) is 0 Å². The SMILES string of the molecule is CC1(C)C2C3C45C2C34C15. The summed E-state index contributed by atoms with van der Waals surface area (Å²) in [6.07, 6.45) is 0. The Bertz CT molecular complexity index is 252. The van der Waals surface area contributed by atoms with Gasteiger partial charge in [-0.1, -0.05) is 13.8 Å². The Balaban J connectivity index is 2.02. The fourth-order valence-corrected chi connectivity index (χ4v) is 6.01. The van der Waals surface area contributed by atoms with Crippen LogP contribution in [0.25, 0.3) is 0 Å². The summed E-state index contributed by atoms with van der Waals surface area (Å²) in [6.45, 7) is 5.03. The highest BCUT2D eigenvalue weighted by atomic mass is 15.3. The van der Waals surface area contributed by atoms with Crippen LogP contribution in [0.5, 0.6) is 0 Å². The largest absolute Gasteiger partial charge is 0.0593 e. The highest BCUT2D eigenvalue weighted by molar-refractivity contribution is 5.77. The molecule has 2 spiro atoms. The molecule has 9 rings (SSSR count). The third-order valence-corrected chi connectivity index (χ3v) is 5.84. The van der Waals surface area contributed by atoms with Gasteiger partial charge < -0.3 is 0 Å². The molecule has 0 nitrogen and oxygen atoms in total. The van der Waals surface area contributed by atoms with Crippen molar-refractivity contribution in [2.24, 2.45) is 39.9 Å². The van der Waals surface area contributed by atoms with Crippen LogP contribution < -0.4 is 0 Å². The van der Waals surface area contributed by atoms with E-state index in [1.165, 1.54) is 23.7 Å². The maximum Gasteiger partial charge on any atom is -0.0119 e. The van der Waals surface area contributed by atoms with Crippen molar-refractivity contribution < 1.29 is 0 Å². The first kappa shape index (κ1) is 3.41. The minimum atomic E-state index is 0.815. The number of rotatable bonds is 0. The average Bonchev–Trinajstić information content (AvgIpc) is 2.39. The highest BCUT2D eigenvalue weighted by Crippen LogP contribution is 3.33. The molecule has 9 heavy (non-hydrogen) atoms. The van der Waals surface area contributed by atoms with Gasteiger partial charge in [-0.3, -0.25) is 0 Å². The molecule has 0 aromatic rings. The maximum atomic E-state index is 2.51. The molecule has 9 fully saturated rings. The van der Waals surface area contributed by atoms with E-state index in [2.05, 4.69) is 13.8 Å². The lowest BCUT2D eigenvalue weighted by Crippen LogP contribution is -2.41. The van der Waals surface area contributed by atoms with Crippen molar-refractivity contribution >= 4 is 0 Å². The van der Waals surface area contributed by atoms with E-state index in [9.17, 15) is 0 Å². The summed E-state index contributed by atoms with van der Waals surface area (Å²) in [5.41, 5.74) is 2.98. The molecule has 0 aliphatic heterocycles. The summed E-state index contributed by atoms with van der Waals surface area (Å²) in [5, 5.41) is 0. The molecule has 0 unspecified atom stereocenters. The second-order valence-corrected chi connectivity index (χ2v) is 5.60. The van der Waals surface area contributed by atoms with Gasteiger partial charge >= 0.3 is 0 Å². The summed E-state index contributed by atoms with van der Waals surface area (Å²) in [6, 6.07) is 0. The van der Waals surface area contributed by atoms with E-state index >= 15 is 0 Å². The van der Waals surface area contributed by atoms with Gasteiger partial charge in [-0.25, -0.2) is 0 Å². The Kier molecular flexibility index (Phi) is 0.165. The Labute approximate surface area is 54.6 Å². The zero-order valence-electron chi connectivity index (χ0n) is 5.81. The van der Waals surface area contributed by atoms with Gasteiger partial charge in [-0.15, -0.1) is 0 Å². The standard InChI is InChI=1S/C9H10/c1-7(2)3-4-8-5(3)9(4,8)6(7)8/h3-6H,1-2H3. The van der Waals surface area contributed by atoms with E-state index in [0.717, 1.165) is 16.2 Å². The van der Waals surface area contributed by atoms with Crippen LogP contribution in [0, 0.1) is 39.9 Å². The van der Waals surface area contributed by atoms with Gasteiger partial charge in [0, 0.05) is 0 Å². The number of hydrogen-bond donors (Lipinski definition) is 0. The van der Waals surface area contributed by atoms with Gasteiger partial charge in [-0.2, -0.15) is 0 Å². The third-order valence-electron chi connectivity index (χ3n) is 5.84. The van der Waals surface area contributed by atoms with Crippen LogP contribution in [0.3, 0.4) is 0 Å². The van der Waals surface area contributed by atoms with Crippen LogP contribution in [0.15, 0.2) is 0 Å². The molecular formula is C9H10. The minimum Gasteiger partial charge on any atom is -0.0593 e. The van der Waals surface area contributed by atoms with Crippen molar-refractivity contribution in [1.82, 2.24) is 0 Å². The molecule has 0 aromatic carbocycles. The Morgan fingerprint density at radius 1 is 1.00 bits per heavy atom. The third kappa shape index (κ3) is 0.0827. The molecule has 9 saturated carbocycles. The van der Waals surface area contributed by atoms with Crippen LogP contribution in [0.2, 0.25) is 0 Å². The van der Waals surface area contributed by atoms with Crippen molar-refractivity contribution in [3.8, 4) is 0 Å². The lowest BCUT2D eigenvalue weighted by atomic mass is 9.60. The van der Waals surface area contributed by atoms with E-state index in [0.29, 0.717) is 0 Å². The van der Waals surface area contributed by atoms with Gasteiger partial charge in [0.25, 0.3) is 0 Å². The van der Waals surface area contributed by atoms with Crippen molar-refractivity contribution in [2.75, 3.05) is 0 Å². The normalized spacial score (nSPS) is 102. The lowest BCUT2D eigenvalue weighted by Gasteiger charge is -2.43. The smallest absolute Gasteiger partial charge is 0.0119 e. The van der Waals surface area contributed by atoms with Gasteiger partial charge in [-0.05, 0) is 39.9 Å². The molecule has 9 aliphatic rings. The monoisotopic (exact) mass is 118 g/mol. The highest BCUT2D eigenvalue weighted by Gasteiger charge is 3.31. The maximum absolute atomic E-state index is 2.51. The summed E-state index contributed by atoms with van der Waals surface area (Å²) < 4.78 is 0. The lowest BCUT2D eigenvalue weighted by molar-refractivity contribution is 0.0256. The molecule has 0 heteroatoms. The first-order chi connectivity index (χ1) is 4.23. The van der Waals surface area contributed by atoms with E-state index in [1.807, 2.05) is 0 Å². The minimum absolute atomic E-state index is 0.815. The summed E-state index contributed by atoms with van der Waals surface area (Å²) in [4.78, 5) is 0. The Morgan fingerprint density at radius 3 is 1.67 bits per heavy atom. The summed E-state index contributed by atoms with van der Waals surface area (Å²) in [5.74, 6) is 5.07. The van der Waals surface area contributed by atoms with Gasteiger partial charge in [0.05, 0.1) is 0 Å². The van der Waals surface area contributed by atoms with E-state index in [4.69, 9.17) is 0 Å². The second kappa shape index (κ2) is 0.436. The zero-order valence-corrected chi connectivity index (χ0v) is 5.81. The molecule has 46 valence electrons. The molecule has 0 heterocycles. The first-order valence-electron chi connectivity index (χ1n) is 4.23. The molecule has 6 bridgehead atoms. The van der Waals surface area contributed by atoms with Crippen LogP contribution in [0.1, 0.15) is 13.8 Å². The molecule has 0 aromatic heterocycles. The van der Waals surface area contributed by atoms with Crippen LogP contribution in [-0.4, -0.2) is 0 Å². The molecule has 0 N–H and O–H groups in total. The van der Waals surface area contributed by atoms with Gasteiger partial charge in [0.15, 0.2) is 0 Å². The molecule has 9 aliphatic carbocycles. The van der Waals surface area contributed by atoms with E-state index < -0.39 is 0 Å². The number of hydrogen-bond acceptors (Lipinski definition) is 0. The van der Waals surface area contributed by atoms with Crippen LogP contribution >= 0.6 is 0 Å². The topological polar surface area (TPSA) is 0 Å². The van der Waals surface area contributed by atoms with Crippen molar-refractivity contribution in [2.45, 2.75) is 13.8 Å². The first-order valence-corrected chi connectivity index (χ1v) is 4.23. The zero-order chi connectivity index (χ0) is 5.81. The van der Waals surface area contributed by atoms with Crippen molar-refractivity contribution in [1.29, 1.82) is 0 Å².